The van der Waals surface area contributed by atoms with Gasteiger partial charge >= 0.3 is 0 Å². The molecule has 2 aromatic rings. The molecule has 0 unspecified atom stereocenters. The lowest BCUT2D eigenvalue weighted by Gasteiger charge is -2.08. The Morgan fingerprint density at radius 1 is 1.24 bits per heavy atom. The van der Waals surface area contributed by atoms with Crippen LogP contribution in [0.5, 0.6) is 0 Å². The van der Waals surface area contributed by atoms with Crippen LogP contribution in [-0.2, 0) is 12.8 Å². The fourth-order valence-corrected chi connectivity index (χ4v) is 1.81. The highest BCUT2D eigenvalue weighted by molar-refractivity contribution is 5.53. The Balaban J connectivity index is 2.58. The van der Waals surface area contributed by atoms with Gasteiger partial charge in [-0.3, -0.25) is 0 Å². The van der Waals surface area contributed by atoms with Gasteiger partial charge in [0.2, 0.25) is 0 Å². The molecule has 0 radical (unpaired) electrons. The number of hydrogen-bond donors (Lipinski definition) is 1. The summed E-state index contributed by atoms with van der Waals surface area (Å²) in [6.07, 6.45) is 1.84. The number of anilines is 1. The van der Waals surface area contributed by atoms with Crippen LogP contribution in [0.3, 0.4) is 0 Å². The molecule has 4 heteroatoms. The average molecular weight is 230 g/mol. The number of aromatic nitrogens is 3. The van der Waals surface area contributed by atoms with Gasteiger partial charge < -0.3 is 5.73 Å². The minimum Gasteiger partial charge on any atom is -0.396 e. The molecule has 4 nitrogen and oxygen atoms in total. The molecule has 0 saturated heterocycles. The van der Waals surface area contributed by atoms with E-state index in [1.54, 1.807) is 0 Å². The topological polar surface area (TPSA) is 56.7 Å². The van der Waals surface area contributed by atoms with Crippen molar-refractivity contribution in [3.8, 4) is 5.82 Å². The third kappa shape index (κ3) is 2.16. The normalized spacial score (nSPS) is 10.8. The lowest BCUT2D eigenvalue weighted by Crippen LogP contribution is -2.08. The van der Waals surface area contributed by atoms with Crippen LogP contribution >= 0.6 is 0 Å². The molecule has 2 heterocycles. The number of nitrogens with zero attached hydrogens (tertiary/aromatic N) is 3. The van der Waals surface area contributed by atoms with Crippen LogP contribution in [0.15, 0.2) is 18.2 Å². The molecule has 0 spiro atoms. The van der Waals surface area contributed by atoms with E-state index < -0.39 is 0 Å². The van der Waals surface area contributed by atoms with Crippen molar-refractivity contribution in [3.63, 3.8) is 0 Å². The molecule has 0 atom stereocenters. The summed E-state index contributed by atoms with van der Waals surface area (Å²) in [5.41, 5.74) is 9.80. The first-order valence-corrected chi connectivity index (χ1v) is 5.97. The summed E-state index contributed by atoms with van der Waals surface area (Å²) in [5.74, 6) is 0.738. The van der Waals surface area contributed by atoms with Crippen molar-refractivity contribution in [2.45, 2.75) is 33.6 Å². The summed E-state index contributed by atoms with van der Waals surface area (Å²) in [6, 6.07) is 5.91. The molecule has 0 bridgehead atoms. The van der Waals surface area contributed by atoms with Crippen LogP contribution in [0, 0.1) is 6.92 Å². The first-order chi connectivity index (χ1) is 8.15. The molecule has 0 aliphatic heterocycles. The summed E-state index contributed by atoms with van der Waals surface area (Å²) >= 11 is 0. The van der Waals surface area contributed by atoms with Crippen molar-refractivity contribution in [1.29, 1.82) is 0 Å². The first kappa shape index (κ1) is 11.6. The zero-order valence-electron chi connectivity index (χ0n) is 10.6. The van der Waals surface area contributed by atoms with E-state index >= 15 is 0 Å². The third-order valence-electron chi connectivity index (χ3n) is 2.80. The van der Waals surface area contributed by atoms with E-state index in [1.807, 2.05) is 23.7 Å². The SMILES string of the molecule is CCc1cc(CC)n(-c2nc(C)ccc2N)n1. The van der Waals surface area contributed by atoms with Crippen molar-refractivity contribution in [3.05, 3.63) is 35.3 Å². The van der Waals surface area contributed by atoms with Gasteiger partial charge in [0.25, 0.3) is 0 Å². The first-order valence-electron chi connectivity index (χ1n) is 5.97. The monoisotopic (exact) mass is 230 g/mol. The number of rotatable bonds is 3. The molecule has 0 aliphatic carbocycles. The van der Waals surface area contributed by atoms with Gasteiger partial charge in [-0.05, 0) is 38.0 Å². The van der Waals surface area contributed by atoms with E-state index in [0.29, 0.717) is 5.69 Å². The number of hydrogen-bond acceptors (Lipinski definition) is 3. The van der Waals surface area contributed by atoms with Crippen molar-refractivity contribution in [1.82, 2.24) is 14.8 Å². The van der Waals surface area contributed by atoms with Gasteiger partial charge in [-0.2, -0.15) is 5.10 Å². The highest BCUT2D eigenvalue weighted by Crippen LogP contribution is 2.18. The molecule has 0 saturated carbocycles. The molecule has 2 aromatic heterocycles. The fourth-order valence-electron chi connectivity index (χ4n) is 1.81. The van der Waals surface area contributed by atoms with Crippen LogP contribution in [0.1, 0.15) is 30.9 Å². The summed E-state index contributed by atoms with van der Waals surface area (Å²) < 4.78 is 1.86. The van der Waals surface area contributed by atoms with Gasteiger partial charge in [-0.15, -0.1) is 0 Å². The largest absolute Gasteiger partial charge is 0.396 e. The third-order valence-corrected chi connectivity index (χ3v) is 2.80. The van der Waals surface area contributed by atoms with Crippen LogP contribution < -0.4 is 5.73 Å². The van der Waals surface area contributed by atoms with E-state index in [2.05, 4.69) is 30.0 Å². The van der Waals surface area contributed by atoms with E-state index in [1.165, 1.54) is 0 Å². The predicted molar refractivity (Wildman–Crippen MR) is 69.3 cm³/mol. The smallest absolute Gasteiger partial charge is 0.177 e. The number of pyridine rings is 1. The maximum Gasteiger partial charge on any atom is 0.177 e. The lowest BCUT2D eigenvalue weighted by atomic mass is 10.2. The average Bonchev–Trinajstić information content (AvgIpc) is 2.75. The van der Waals surface area contributed by atoms with Gasteiger partial charge in [-0.25, -0.2) is 9.67 Å². The van der Waals surface area contributed by atoms with Gasteiger partial charge in [0.05, 0.1) is 11.4 Å². The zero-order valence-corrected chi connectivity index (χ0v) is 10.6. The minimum absolute atomic E-state index is 0.663. The predicted octanol–water partition coefficient (Wildman–Crippen LogP) is 2.28. The van der Waals surface area contributed by atoms with E-state index in [0.717, 1.165) is 35.7 Å². The Morgan fingerprint density at radius 2 is 2.00 bits per heavy atom. The molecule has 17 heavy (non-hydrogen) atoms. The van der Waals surface area contributed by atoms with Crippen LogP contribution in [0.4, 0.5) is 5.69 Å². The number of aryl methyl sites for hydroxylation is 3. The molecule has 0 fully saturated rings. The van der Waals surface area contributed by atoms with Gasteiger partial charge in [0.15, 0.2) is 5.82 Å². The second-order valence-corrected chi connectivity index (χ2v) is 4.11. The quantitative estimate of drug-likeness (QED) is 0.880. The number of nitrogens with two attached hydrogens (primary N) is 1. The summed E-state index contributed by atoms with van der Waals surface area (Å²) in [5, 5.41) is 4.55. The molecule has 0 aliphatic rings. The highest BCUT2D eigenvalue weighted by atomic mass is 15.3. The molecular weight excluding hydrogens is 212 g/mol. The van der Waals surface area contributed by atoms with Gasteiger partial charge in [0, 0.05) is 11.4 Å². The number of nitrogen functional groups attached to an aromatic ring is 1. The van der Waals surface area contributed by atoms with Crippen LogP contribution in [-0.4, -0.2) is 14.8 Å². The van der Waals surface area contributed by atoms with Crippen molar-refractivity contribution >= 4 is 5.69 Å². The van der Waals surface area contributed by atoms with Gasteiger partial charge in [-0.1, -0.05) is 13.8 Å². The maximum atomic E-state index is 5.97. The maximum absolute atomic E-state index is 5.97. The van der Waals surface area contributed by atoms with Crippen LogP contribution in [0.2, 0.25) is 0 Å². The highest BCUT2D eigenvalue weighted by Gasteiger charge is 2.11. The second-order valence-electron chi connectivity index (χ2n) is 4.11. The second kappa shape index (κ2) is 4.57. The molecule has 0 amide bonds. The molecule has 0 aromatic carbocycles. The van der Waals surface area contributed by atoms with E-state index in [9.17, 15) is 0 Å². The Labute approximate surface area is 101 Å². The van der Waals surface area contributed by atoms with Crippen LogP contribution in [0.25, 0.3) is 5.82 Å². The van der Waals surface area contributed by atoms with Crippen molar-refractivity contribution < 1.29 is 0 Å². The molecule has 2 N–H and O–H groups in total. The molecular formula is C13H18N4. The van der Waals surface area contributed by atoms with Gasteiger partial charge in [0.1, 0.15) is 0 Å². The van der Waals surface area contributed by atoms with Crippen molar-refractivity contribution in [2.75, 3.05) is 5.73 Å². The standard InChI is InChI=1S/C13H18N4/c1-4-10-8-11(5-2)17(16-10)13-12(14)7-6-9(3)15-13/h6-8H,4-5,14H2,1-3H3. The summed E-state index contributed by atoms with van der Waals surface area (Å²) in [4.78, 5) is 4.47. The molecule has 90 valence electrons. The van der Waals surface area contributed by atoms with E-state index in [-0.39, 0.29) is 0 Å². The Kier molecular flexibility index (Phi) is 3.13. The lowest BCUT2D eigenvalue weighted by molar-refractivity contribution is 0.771. The Morgan fingerprint density at radius 3 is 2.65 bits per heavy atom. The Hall–Kier alpha value is -1.84. The molecule has 2 rings (SSSR count). The minimum atomic E-state index is 0.663. The summed E-state index contributed by atoms with van der Waals surface area (Å²) in [6.45, 7) is 6.16. The zero-order chi connectivity index (χ0) is 12.4. The Bertz CT molecular complexity index is 528. The van der Waals surface area contributed by atoms with Crippen molar-refractivity contribution in [2.24, 2.45) is 0 Å². The van der Waals surface area contributed by atoms with E-state index in [4.69, 9.17) is 5.73 Å². The summed E-state index contributed by atoms with van der Waals surface area (Å²) in [7, 11) is 0. The fraction of sp³-hybridized carbons (Fsp3) is 0.385.